The zero-order chi connectivity index (χ0) is 26.0. The lowest BCUT2D eigenvalue weighted by atomic mass is 10.0. The SMILES string of the molecule is CCCCCCCCCCCc1ccc(-c2ccc(-c3ccc(CCCCCCCC)cc3)nc2)cc1. The van der Waals surface area contributed by atoms with Crippen molar-refractivity contribution in [2.45, 2.75) is 123 Å². The number of benzene rings is 2. The molecule has 3 rings (SSSR count). The lowest BCUT2D eigenvalue weighted by molar-refractivity contribution is 0.565. The summed E-state index contributed by atoms with van der Waals surface area (Å²) in [4.78, 5) is 4.78. The average Bonchev–Trinajstić information content (AvgIpc) is 2.95. The third-order valence-electron chi connectivity index (χ3n) is 7.69. The summed E-state index contributed by atoms with van der Waals surface area (Å²) in [7, 11) is 0. The molecular weight excluding hydrogens is 446 g/mol. The number of hydrogen-bond donors (Lipinski definition) is 0. The number of unbranched alkanes of at least 4 members (excludes halogenated alkanes) is 13. The molecule has 0 saturated carbocycles. The molecule has 1 heteroatoms. The molecule has 1 nitrogen and oxygen atoms in total. The highest BCUT2D eigenvalue weighted by molar-refractivity contribution is 5.67. The van der Waals surface area contributed by atoms with E-state index in [1.165, 1.54) is 137 Å². The van der Waals surface area contributed by atoms with Gasteiger partial charge in [-0.2, -0.15) is 0 Å². The van der Waals surface area contributed by atoms with E-state index in [9.17, 15) is 0 Å². The topological polar surface area (TPSA) is 12.9 Å². The van der Waals surface area contributed by atoms with E-state index in [1.807, 2.05) is 6.20 Å². The highest BCUT2D eigenvalue weighted by Gasteiger charge is 2.04. The van der Waals surface area contributed by atoms with Crippen molar-refractivity contribution in [1.82, 2.24) is 4.98 Å². The number of pyridine rings is 1. The molecule has 1 heterocycles. The van der Waals surface area contributed by atoms with Crippen molar-refractivity contribution in [3.05, 3.63) is 78.0 Å². The fourth-order valence-corrected chi connectivity index (χ4v) is 5.19. The molecule has 3 aromatic rings. The van der Waals surface area contributed by atoms with E-state index >= 15 is 0 Å². The van der Waals surface area contributed by atoms with E-state index in [4.69, 9.17) is 4.98 Å². The zero-order valence-corrected chi connectivity index (χ0v) is 23.8. The maximum absolute atomic E-state index is 4.78. The van der Waals surface area contributed by atoms with Crippen LogP contribution in [0.1, 0.15) is 121 Å². The Balaban J connectivity index is 1.39. The minimum Gasteiger partial charge on any atom is -0.256 e. The molecule has 0 atom stereocenters. The van der Waals surface area contributed by atoms with E-state index in [0.29, 0.717) is 0 Å². The first kappa shape index (κ1) is 29.2. The summed E-state index contributed by atoms with van der Waals surface area (Å²) in [5, 5.41) is 0. The summed E-state index contributed by atoms with van der Waals surface area (Å²) < 4.78 is 0. The Hall–Kier alpha value is -2.41. The molecule has 0 aliphatic carbocycles. The van der Waals surface area contributed by atoms with Crippen molar-refractivity contribution in [2.24, 2.45) is 0 Å². The van der Waals surface area contributed by atoms with Gasteiger partial charge in [-0.15, -0.1) is 0 Å². The molecule has 0 amide bonds. The Bertz CT molecular complexity index is 953. The van der Waals surface area contributed by atoms with Gasteiger partial charge in [0.15, 0.2) is 0 Å². The van der Waals surface area contributed by atoms with Crippen molar-refractivity contribution in [3.63, 3.8) is 0 Å². The number of hydrogen-bond acceptors (Lipinski definition) is 1. The summed E-state index contributed by atoms with van der Waals surface area (Å²) >= 11 is 0. The average molecular weight is 498 g/mol. The second kappa shape index (κ2) is 17.9. The third-order valence-corrected chi connectivity index (χ3v) is 7.69. The number of aromatic nitrogens is 1. The first-order valence-corrected chi connectivity index (χ1v) is 15.4. The monoisotopic (exact) mass is 497 g/mol. The molecule has 0 aliphatic heterocycles. The fraction of sp³-hybridized carbons (Fsp3) is 0.528. The summed E-state index contributed by atoms with van der Waals surface area (Å²) in [6.07, 6.45) is 25.0. The van der Waals surface area contributed by atoms with Gasteiger partial charge in [0, 0.05) is 17.3 Å². The van der Waals surface area contributed by atoms with Crippen LogP contribution in [0.25, 0.3) is 22.4 Å². The summed E-state index contributed by atoms with van der Waals surface area (Å²) in [5.74, 6) is 0. The van der Waals surface area contributed by atoms with Crippen molar-refractivity contribution in [2.75, 3.05) is 0 Å². The van der Waals surface area contributed by atoms with Crippen LogP contribution in [0.2, 0.25) is 0 Å². The van der Waals surface area contributed by atoms with Gasteiger partial charge in [-0.05, 0) is 48.4 Å². The number of rotatable bonds is 19. The summed E-state index contributed by atoms with van der Waals surface area (Å²) in [5.41, 5.74) is 7.60. The number of nitrogens with zero attached hydrogens (tertiary/aromatic N) is 1. The summed E-state index contributed by atoms with van der Waals surface area (Å²) in [6, 6.07) is 22.5. The maximum Gasteiger partial charge on any atom is 0.0702 e. The zero-order valence-electron chi connectivity index (χ0n) is 23.8. The van der Waals surface area contributed by atoms with Crippen LogP contribution in [0, 0.1) is 0 Å². The van der Waals surface area contributed by atoms with Gasteiger partial charge in [0.1, 0.15) is 0 Å². The molecule has 0 saturated heterocycles. The Labute approximate surface area is 228 Å². The maximum atomic E-state index is 4.78. The van der Waals surface area contributed by atoms with Crippen molar-refractivity contribution in [3.8, 4) is 22.4 Å². The molecule has 37 heavy (non-hydrogen) atoms. The van der Waals surface area contributed by atoms with E-state index in [-0.39, 0.29) is 0 Å². The molecule has 1 aromatic heterocycles. The van der Waals surface area contributed by atoms with Gasteiger partial charge in [0.2, 0.25) is 0 Å². The number of aryl methyl sites for hydroxylation is 2. The van der Waals surface area contributed by atoms with Crippen molar-refractivity contribution in [1.29, 1.82) is 0 Å². The van der Waals surface area contributed by atoms with E-state index in [1.54, 1.807) is 0 Å². The van der Waals surface area contributed by atoms with Crippen LogP contribution in [-0.2, 0) is 12.8 Å². The summed E-state index contributed by atoms with van der Waals surface area (Å²) in [6.45, 7) is 4.57. The molecule has 0 unspecified atom stereocenters. The molecule has 0 aliphatic rings. The van der Waals surface area contributed by atoms with Crippen LogP contribution >= 0.6 is 0 Å². The quantitative estimate of drug-likeness (QED) is 0.150. The van der Waals surface area contributed by atoms with Crippen LogP contribution < -0.4 is 0 Å². The Kier molecular flexibility index (Phi) is 14.1. The van der Waals surface area contributed by atoms with Crippen LogP contribution in [0.3, 0.4) is 0 Å². The molecule has 0 bridgehead atoms. The Morgan fingerprint density at radius 2 is 0.811 bits per heavy atom. The fourth-order valence-electron chi connectivity index (χ4n) is 5.19. The van der Waals surface area contributed by atoms with E-state index in [2.05, 4.69) is 74.5 Å². The third kappa shape index (κ3) is 11.2. The smallest absolute Gasteiger partial charge is 0.0702 e. The molecular formula is C36H51N. The molecule has 0 N–H and O–H groups in total. The first-order chi connectivity index (χ1) is 18.3. The van der Waals surface area contributed by atoms with Gasteiger partial charge in [-0.25, -0.2) is 0 Å². The van der Waals surface area contributed by atoms with Gasteiger partial charge >= 0.3 is 0 Å². The van der Waals surface area contributed by atoms with Crippen LogP contribution in [-0.4, -0.2) is 4.98 Å². The second-order valence-electron chi connectivity index (χ2n) is 10.9. The first-order valence-electron chi connectivity index (χ1n) is 15.4. The highest BCUT2D eigenvalue weighted by Crippen LogP contribution is 2.24. The Morgan fingerprint density at radius 3 is 1.24 bits per heavy atom. The highest BCUT2D eigenvalue weighted by atomic mass is 14.7. The van der Waals surface area contributed by atoms with Crippen molar-refractivity contribution >= 4 is 0 Å². The molecule has 0 radical (unpaired) electrons. The van der Waals surface area contributed by atoms with Gasteiger partial charge in [-0.1, -0.05) is 152 Å². The molecule has 0 fully saturated rings. The minimum atomic E-state index is 1.05. The van der Waals surface area contributed by atoms with Crippen LogP contribution in [0.4, 0.5) is 0 Å². The van der Waals surface area contributed by atoms with Crippen LogP contribution in [0.5, 0.6) is 0 Å². The van der Waals surface area contributed by atoms with Crippen LogP contribution in [0.15, 0.2) is 66.9 Å². The molecule has 2 aromatic carbocycles. The molecule has 200 valence electrons. The van der Waals surface area contributed by atoms with Gasteiger partial charge in [0.25, 0.3) is 0 Å². The predicted molar refractivity (Wildman–Crippen MR) is 163 cm³/mol. The standard InChI is InChI=1S/C36H51N/c1-3-5-7-9-11-12-13-15-17-18-31-20-24-33(25-21-31)35-28-29-36(37-30-35)34-26-22-32(23-27-34)19-16-14-10-8-6-4-2/h20-30H,3-19H2,1-2H3. The van der Waals surface area contributed by atoms with Gasteiger partial charge in [0.05, 0.1) is 5.69 Å². The van der Waals surface area contributed by atoms with E-state index < -0.39 is 0 Å². The Morgan fingerprint density at radius 1 is 0.405 bits per heavy atom. The lowest BCUT2D eigenvalue weighted by Crippen LogP contribution is -1.89. The molecule has 0 spiro atoms. The van der Waals surface area contributed by atoms with Gasteiger partial charge in [-0.3, -0.25) is 4.98 Å². The lowest BCUT2D eigenvalue weighted by Gasteiger charge is -2.07. The predicted octanol–water partition coefficient (Wildman–Crippen LogP) is 11.4. The minimum absolute atomic E-state index is 1.05. The largest absolute Gasteiger partial charge is 0.256 e. The van der Waals surface area contributed by atoms with E-state index in [0.717, 1.165) is 5.69 Å². The van der Waals surface area contributed by atoms with Crippen molar-refractivity contribution < 1.29 is 0 Å². The van der Waals surface area contributed by atoms with Gasteiger partial charge < -0.3 is 0 Å². The normalized spacial score (nSPS) is 11.2. The second-order valence-corrected chi connectivity index (χ2v) is 10.9.